The molecule has 4 rings (SSSR count). The number of nitrogens with one attached hydrogen (secondary N) is 1. The average molecular weight is 294 g/mol. The summed E-state index contributed by atoms with van der Waals surface area (Å²) in [6, 6.07) is 10.5. The van der Waals surface area contributed by atoms with Crippen molar-refractivity contribution in [2.45, 2.75) is 6.54 Å². The molecule has 1 fully saturated rings. The summed E-state index contributed by atoms with van der Waals surface area (Å²) in [6.45, 7) is 4.66. The van der Waals surface area contributed by atoms with E-state index in [0.717, 1.165) is 55.3 Å². The van der Waals surface area contributed by atoms with Crippen molar-refractivity contribution < 1.29 is 4.74 Å². The van der Waals surface area contributed by atoms with Gasteiger partial charge >= 0.3 is 0 Å². The van der Waals surface area contributed by atoms with Gasteiger partial charge in [0.2, 0.25) is 0 Å². The number of nitrogens with zero attached hydrogens (tertiary/aromatic N) is 3. The van der Waals surface area contributed by atoms with E-state index in [2.05, 4.69) is 44.1 Å². The number of aromatic nitrogens is 3. The lowest BCUT2D eigenvalue weighted by atomic mass is 10.1. The molecule has 5 heteroatoms. The highest BCUT2D eigenvalue weighted by molar-refractivity contribution is 5.76. The zero-order chi connectivity index (χ0) is 14.8. The van der Waals surface area contributed by atoms with Crippen molar-refractivity contribution in [3.8, 4) is 11.4 Å². The number of fused-ring (bicyclic) bond motifs is 1. The zero-order valence-corrected chi connectivity index (χ0v) is 12.3. The first kappa shape index (κ1) is 13.4. The fourth-order valence-electron chi connectivity index (χ4n) is 2.75. The predicted molar refractivity (Wildman–Crippen MR) is 85.4 cm³/mol. The van der Waals surface area contributed by atoms with Crippen molar-refractivity contribution in [1.29, 1.82) is 0 Å². The van der Waals surface area contributed by atoms with Crippen LogP contribution in [0.15, 0.2) is 42.7 Å². The summed E-state index contributed by atoms with van der Waals surface area (Å²) in [4.78, 5) is 14.5. The normalized spacial score (nSPS) is 16.2. The molecule has 0 spiro atoms. The summed E-state index contributed by atoms with van der Waals surface area (Å²) in [7, 11) is 0. The van der Waals surface area contributed by atoms with Crippen LogP contribution in [0.3, 0.4) is 0 Å². The Morgan fingerprint density at radius 3 is 2.73 bits per heavy atom. The van der Waals surface area contributed by atoms with Crippen LogP contribution in [0.25, 0.3) is 22.4 Å². The minimum atomic E-state index is 0.757. The Hall–Kier alpha value is -2.24. The molecule has 1 N–H and O–H groups in total. The van der Waals surface area contributed by atoms with Gasteiger partial charge in [0.25, 0.3) is 0 Å². The molecule has 0 bridgehead atoms. The summed E-state index contributed by atoms with van der Waals surface area (Å²) in [5, 5.41) is 1.03. The number of benzene rings is 1. The first-order valence-corrected chi connectivity index (χ1v) is 7.58. The van der Waals surface area contributed by atoms with Gasteiger partial charge in [-0.2, -0.15) is 0 Å². The summed E-state index contributed by atoms with van der Waals surface area (Å²) in [5.41, 5.74) is 3.23. The van der Waals surface area contributed by atoms with Crippen LogP contribution in [-0.2, 0) is 11.3 Å². The standard InChI is InChI=1S/C17H18N4O/c1-3-14(16-19-11-15-5-6-18-17(15)20-16)4-2-13(1)12-21-7-9-22-10-8-21/h1-6,11H,7-10,12H2,(H,18,19,20). The van der Waals surface area contributed by atoms with Crippen molar-refractivity contribution in [2.75, 3.05) is 26.3 Å². The Balaban J connectivity index is 1.53. The minimum Gasteiger partial charge on any atom is -0.379 e. The largest absolute Gasteiger partial charge is 0.379 e. The van der Waals surface area contributed by atoms with Crippen LogP contribution in [0.2, 0.25) is 0 Å². The van der Waals surface area contributed by atoms with Gasteiger partial charge in [0.1, 0.15) is 5.65 Å². The van der Waals surface area contributed by atoms with Crippen molar-refractivity contribution in [1.82, 2.24) is 19.9 Å². The van der Waals surface area contributed by atoms with E-state index in [0.29, 0.717) is 0 Å². The minimum absolute atomic E-state index is 0.757. The lowest BCUT2D eigenvalue weighted by Crippen LogP contribution is -2.35. The van der Waals surface area contributed by atoms with Gasteiger partial charge in [-0.05, 0) is 11.6 Å². The van der Waals surface area contributed by atoms with Gasteiger partial charge in [0.05, 0.1) is 13.2 Å². The molecule has 2 aromatic heterocycles. The van der Waals surface area contributed by atoms with Crippen molar-refractivity contribution in [2.24, 2.45) is 0 Å². The Labute approximate surface area is 129 Å². The second kappa shape index (κ2) is 5.87. The predicted octanol–water partition coefficient (Wildman–Crippen LogP) is 2.46. The molecule has 1 aliphatic heterocycles. The van der Waals surface area contributed by atoms with Crippen LogP contribution in [-0.4, -0.2) is 46.2 Å². The number of H-pyrrole nitrogens is 1. The molecule has 3 aromatic rings. The van der Waals surface area contributed by atoms with Crippen molar-refractivity contribution in [3.63, 3.8) is 0 Å². The monoisotopic (exact) mass is 294 g/mol. The molecule has 0 unspecified atom stereocenters. The quantitative estimate of drug-likeness (QED) is 0.806. The lowest BCUT2D eigenvalue weighted by Gasteiger charge is -2.26. The molecule has 5 nitrogen and oxygen atoms in total. The van der Waals surface area contributed by atoms with Crippen LogP contribution in [0.1, 0.15) is 5.56 Å². The Bertz CT molecular complexity index is 760. The molecule has 1 aromatic carbocycles. The van der Waals surface area contributed by atoms with Crippen LogP contribution >= 0.6 is 0 Å². The highest BCUT2D eigenvalue weighted by atomic mass is 16.5. The smallest absolute Gasteiger partial charge is 0.161 e. The maximum absolute atomic E-state index is 5.38. The van der Waals surface area contributed by atoms with E-state index in [1.165, 1.54) is 5.56 Å². The van der Waals surface area contributed by atoms with Crippen LogP contribution in [0, 0.1) is 0 Å². The van der Waals surface area contributed by atoms with E-state index in [-0.39, 0.29) is 0 Å². The van der Waals surface area contributed by atoms with Gasteiger partial charge in [-0.15, -0.1) is 0 Å². The Morgan fingerprint density at radius 1 is 1.09 bits per heavy atom. The SMILES string of the molecule is c1cc2cnc(-c3ccc(CN4CCOCC4)cc3)nc2[nH]1. The molecule has 0 aliphatic carbocycles. The van der Waals surface area contributed by atoms with E-state index >= 15 is 0 Å². The molecule has 0 atom stereocenters. The third kappa shape index (κ3) is 2.73. The first-order chi connectivity index (χ1) is 10.9. The molecule has 112 valence electrons. The second-order valence-electron chi connectivity index (χ2n) is 5.56. The maximum atomic E-state index is 5.38. The lowest BCUT2D eigenvalue weighted by molar-refractivity contribution is 0.0342. The van der Waals surface area contributed by atoms with Crippen LogP contribution in [0.5, 0.6) is 0 Å². The number of hydrogen-bond donors (Lipinski definition) is 1. The van der Waals surface area contributed by atoms with E-state index in [4.69, 9.17) is 4.74 Å². The molecular weight excluding hydrogens is 276 g/mol. The van der Waals surface area contributed by atoms with Crippen molar-refractivity contribution >= 4 is 11.0 Å². The van der Waals surface area contributed by atoms with E-state index in [1.54, 1.807) is 0 Å². The third-order valence-corrected chi connectivity index (χ3v) is 4.02. The molecule has 22 heavy (non-hydrogen) atoms. The molecular formula is C17H18N4O. The highest BCUT2D eigenvalue weighted by Gasteiger charge is 2.11. The zero-order valence-electron chi connectivity index (χ0n) is 12.3. The van der Waals surface area contributed by atoms with Gasteiger partial charge in [0.15, 0.2) is 5.82 Å². The summed E-state index contributed by atoms with van der Waals surface area (Å²) in [5.74, 6) is 0.757. The first-order valence-electron chi connectivity index (χ1n) is 7.58. The summed E-state index contributed by atoms with van der Waals surface area (Å²) in [6.07, 6.45) is 3.74. The third-order valence-electron chi connectivity index (χ3n) is 4.02. The number of morpholine rings is 1. The molecule has 1 aliphatic rings. The van der Waals surface area contributed by atoms with E-state index in [1.807, 2.05) is 18.5 Å². The number of ether oxygens (including phenoxy) is 1. The maximum Gasteiger partial charge on any atom is 0.161 e. The van der Waals surface area contributed by atoms with Crippen LogP contribution in [0.4, 0.5) is 0 Å². The molecule has 1 saturated heterocycles. The molecule has 0 saturated carbocycles. The number of aromatic amines is 1. The van der Waals surface area contributed by atoms with Gasteiger partial charge in [-0.25, -0.2) is 9.97 Å². The van der Waals surface area contributed by atoms with Gasteiger partial charge < -0.3 is 9.72 Å². The average Bonchev–Trinajstić information content (AvgIpc) is 3.04. The summed E-state index contributed by atoms with van der Waals surface area (Å²) < 4.78 is 5.38. The molecule has 0 radical (unpaired) electrons. The van der Waals surface area contributed by atoms with E-state index in [9.17, 15) is 0 Å². The highest BCUT2D eigenvalue weighted by Crippen LogP contribution is 2.19. The summed E-state index contributed by atoms with van der Waals surface area (Å²) >= 11 is 0. The van der Waals surface area contributed by atoms with Gasteiger partial charge in [0, 0.05) is 43.0 Å². The number of rotatable bonds is 3. The van der Waals surface area contributed by atoms with Crippen molar-refractivity contribution in [3.05, 3.63) is 48.3 Å². The topological polar surface area (TPSA) is 54.0 Å². The van der Waals surface area contributed by atoms with Gasteiger partial charge in [-0.3, -0.25) is 4.90 Å². The fraction of sp³-hybridized carbons (Fsp3) is 0.294. The molecule has 3 heterocycles. The second-order valence-corrected chi connectivity index (χ2v) is 5.56. The van der Waals surface area contributed by atoms with Crippen LogP contribution < -0.4 is 0 Å². The fourth-order valence-corrected chi connectivity index (χ4v) is 2.75. The van der Waals surface area contributed by atoms with E-state index < -0.39 is 0 Å². The number of hydrogen-bond acceptors (Lipinski definition) is 4. The van der Waals surface area contributed by atoms with Gasteiger partial charge in [-0.1, -0.05) is 24.3 Å². The Morgan fingerprint density at radius 2 is 1.91 bits per heavy atom. The molecule has 0 amide bonds. The Kier molecular flexibility index (Phi) is 3.58.